The average molecular weight is 356 g/mol. The lowest BCUT2D eigenvalue weighted by Crippen LogP contribution is -2.51. The number of ether oxygens (including phenoxy) is 1. The molecule has 0 bridgehead atoms. The molecule has 1 aromatic carbocycles. The van der Waals surface area contributed by atoms with Crippen LogP contribution in [0, 0.1) is 0 Å². The first-order valence-corrected chi connectivity index (χ1v) is 9.31. The van der Waals surface area contributed by atoms with Gasteiger partial charge >= 0.3 is 0 Å². The first kappa shape index (κ1) is 17.2. The molecule has 0 spiro atoms. The quantitative estimate of drug-likeness (QED) is 0.876. The first-order chi connectivity index (χ1) is 12.7. The van der Waals surface area contributed by atoms with E-state index in [1.807, 2.05) is 23.1 Å². The number of aromatic nitrogens is 2. The highest BCUT2D eigenvalue weighted by Crippen LogP contribution is 2.16. The highest BCUT2D eigenvalue weighted by atomic mass is 16.5. The van der Waals surface area contributed by atoms with Crippen LogP contribution in [0.5, 0.6) is 0 Å². The smallest absolute Gasteiger partial charge is 0.258 e. The number of fused-ring (bicyclic) bond motifs is 1. The van der Waals surface area contributed by atoms with Crippen molar-refractivity contribution >= 4 is 16.8 Å². The van der Waals surface area contributed by atoms with Crippen molar-refractivity contribution in [3.8, 4) is 0 Å². The second-order valence-corrected chi connectivity index (χ2v) is 6.95. The molecule has 7 heteroatoms. The van der Waals surface area contributed by atoms with E-state index in [-0.39, 0.29) is 17.6 Å². The lowest BCUT2D eigenvalue weighted by molar-refractivity contribution is -0.142. The van der Waals surface area contributed by atoms with E-state index in [1.165, 1.54) is 0 Å². The van der Waals surface area contributed by atoms with Crippen LogP contribution in [0.2, 0.25) is 0 Å². The van der Waals surface area contributed by atoms with Gasteiger partial charge in [-0.25, -0.2) is 4.98 Å². The molecule has 1 N–H and O–H groups in total. The highest BCUT2D eigenvalue weighted by molar-refractivity contribution is 5.81. The van der Waals surface area contributed by atoms with E-state index in [2.05, 4.69) is 14.9 Å². The fourth-order valence-electron chi connectivity index (χ4n) is 3.69. The Morgan fingerprint density at radius 3 is 2.81 bits per heavy atom. The standard InChI is InChI=1S/C19H24N4O3/c24-18-14-4-1-2-5-15(14)20-17(21-18)7-8-22-9-11-23(12-10-22)19(25)16-6-3-13-26-16/h1-2,4-5,16H,3,6-13H2,(H,20,21,24). The molecule has 26 heavy (non-hydrogen) atoms. The van der Waals surface area contributed by atoms with Gasteiger partial charge in [-0.1, -0.05) is 12.1 Å². The van der Waals surface area contributed by atoms with Crippen molar-refractivity contribution in [2.45, 2.75) is 25.4 Å². The summed E-state index contributed by atoms with van der Waals surface area (Å²) in [5, 5.41) is 0.623. The summed E-state index contributed by atoms with van der Waals surface area (Å²) < 4.78 is 5.50. The highest BCUT2D eigenvalue weighted by Gasteiger charge is 2.30. The number of amides is 1. The summed E-state index contributed by atoms with van der Waals surface area (Å²) in [7, 11) is 0. The number of rotatable bonds is 4. The van der Waals surface area contributed by atoms with E-state index in [0.717, 1.165) is 51.1 Å². The summed E-state index contributed by atoms with van der Waals surface area (Å²) in [5.41, 5.74) is 0.649. The Morgan fingerprint density at radius 2 is 2.04 bits per heavy atom. The molecule has 1 atom stereocenters. The van der Waals surface area contributed by atoms with Crippen molar-refractivity contribution < 1.29 is 9.53 Å². The molecule has 1 unspecified atom stereocenters. The minimum absolute atomic E-state index is 0.0856. The zero-order chi connectivity index (χ0) is 17.9. The zero-order valence-electron chi connectivity index (χ0n) is 14.8. The van der Waals surface area contributed by atoms with Gasteiger partial charge in [-0.05, 0) is 25.0 Å². The summed E-state index contributed by atoms with van der Waals surface area (Å²) in [6.07, 6.45) is 2.29. The van der Waals surface area contributed by atoms with Gasteiger partial charge in [0.15, 0.2) is 0 Å². The Balaban J connectivity index is 1.31. The Labute approximate surface area is 152 Å². The third-order valence-corrected chi connectivity index (χ3v) is 5.22. The van der Waals surface area contributed by atoms with Crippen LogP contribution in [-0.2, 0) is 16.0 Å². The zero-order valence-corrected chi connectivity index (χ0v) is 14.8. The topological polar surface area (TPSA) is 78.5 Å². The van der Waals surface area contributed by atoms with Crippen molar-refractivity contribution in [3.63, 3.8) is 0 Å². The number of aromatic amines is 1. The largest absolute Gasteiger partial charge is 0.368 e. The van der Waals surface area contributed by atoms with Gasteiger partial charge in [0.05, 0.1) is 10.9 Å². The molecule has 1 aromatic heterocycles. The number of carbonyl (C=O) groups is 1. The SMILES string of the molecule is O=C(C1CCCO1)N1CCN(CCc2nc3ccccc3c(=O)[nH]2)CC1. The van der Waals surface area contributed by atoms with Crippen molar-refractivity contribution in [1.29, 1.82) is 0 Å². The van der Waals surface area contributed by atoms with Gasteiger partial charge in [-0.15, -0.1) is 0 Å². The normalized spacial score (nSPS) is 21.4. The minimum Gasteiger partial charge on any atom is -0.368 e. The summed E-state index contributed by atoms with van der Waals surface area (Å²) in [6, 6.07) is 7.39. The second kappa shape index (κ2) is 7.55. The fraction of sp³-hybridized carbons (Fsp3) is 0.526. The third-order valence-electron chi connectivity index (χ3n) is 5.22. The van der Waals surface area contributed by atoms with E-state index in [9.17, 15) is 9.59 Å². The molecular formula is C19H24N4O3. The van der Waals surface area contributed by atoms with Crippen molar-refractivity contribution in [2.24, 2.45) is 0 Å². The summed E-state index contributed by atoms with van der Waals surface area (Å²) in [5.74, 6) is 0.856. The van der Waals surface area contributed by atoms with E-state index in [4.69, 9.17) is 4.74 Å². The van der Waals surface area contributed by atoms with E-state index >= 15 is 0 Å². The monoisotopic (exact) mass is 356 g/mol. The molecule has 4 rings (SSSR count). The van der Waals surface area contributed by atoms with Crippen LogP contribution in [0.15, 0.2) is 29.1 Å². The third kappa shape index (κ3) is 3.64. The number of carbonyl (C=O) groups excluding carboxylic acids is 1. The van der Waals surface area contributed by atoms with Crippen LogP contribution >= 0.6 is 0 Å². The summed E-state index contributed by atoms with van der Waals surface area (Å²) in [6.45, 7) is 4.68. The van der Waals surface area contributed by atoms with Crippen LogP contribution in [0.4, 0.5) is 0 Å². The summed E-state index contributed by atoms with van der Waals surface area (Å²) >= 11 is 0. The van der Waals surface area contributed by atoms with Gasteiger partial charge < -0.3 is 14.6 Å². The molecule has 3 heterocycles. The maximum absolute atomic E-state index is 12.4. The first-order valence-electron chi connectivity index (χ1n) is 9.31. The van der Waals surface area contributed by atoms with Crippen LogP contribution in [0.25, 0.3) is 10.9 Å². The van der Waals surface area contributed by atoms with Gasteiger partial charge in [0.25, 0.3) is 11.5 Å². The Morgan fingerprint density at radius 1 is 1.23 bits per heavy atom. The Hall–Kier alpha value is -2.25. The maximum Gasteiger partial charge on any atom is 0.258 e. The molecule has 0 saturated carbocycles. The van der Waals surface area contributed by atoms with E-state index in [0.29, 0.717) is 24.2 Å². The second-order valence-electron chi connectivity index (χ2n) is 6.95. The predicted octanol–water partition coefficient (Wildman–Crippen LogP) is 0.789. The molecule has 2 aliphatic rings. The molecule has 1 amide bonds. The molecular weight excluding hydrogens is 332 g/mol. The van der Waals surface area contributed by atoms with Gasteiger partial charge in [0, 0.05) is 45.8 Å². The van der Waals surface area contributed by atoms with Gasteiger partial charge in [-0.3, -0.25) is 14.5 Å². The number of nitrogens with zero attached hydrogens (tertiary/aromatic N) is 3. The number of piperazine rings is 1. The van der Waals surface area contributed by atoms with Gasteiger partial charge in [0.2, 0.25) is 0 Å². The summed E-state index contributed by atoms with van der Waals surface area (Å²) in [4.78, 5) is 36.2. The van der Waals surface area contributed by atoms with Crippen LogP contribution < -0.4 is 5.56 Å². The lowest BCUT2D eigenvalue weighted by Gasteiger charge is -2.35. The van der Waals surface area contributed by atoms with Gasteiger partial charge in [0.1, 0.15) is 11.9 Å². The minimum atomic E-state index is -0.228. The number of hydrogen-bond acceptors (Lipinski definition) is 5. The molecule has 7 nitrogen and oxygen atoms in total. The molecule has 0 aliphatic carbocycles. The number of benzene rings is 1. The molecule has 2 fully saturated rings. The van der Waals surface area contributed by atoms with Crippen molar-refractivity contribution in [3.05, 3.63) is 40.4 Å². The predicted molar refractivity (Wildman–Crippen MR) is 98.1 cm³/mol. The average Bonchev–Trinajstić information content (AvgIpc) is 3.21. The molecule has 2 aromatic rings. The van der Waals surface area contributed by atoms with Crippen LogP contribution in [-0.4, -0.2) is 71.1 Å². The number of H-pyrrole nitrogens is 1. The molecule has 2 saturated heterocycles. The molecule has 0 radical (unpaired) electrons. The van der Waals surface area contributed by atoms with Crippen LogP contribution in [0.1, 0.15) is 18.7 Å². The maximum atomic E-state index is 12.4. The number of para-hydroxylation sites is 1. The molecule has 138 valence electrons. The van der Waals surface area contributed by atoms with E-state index < -0.39 is 0 Å². The molecule has 2 aliphatic heterocycles. The Bertz CT molecular complexity index is 836. The Kier molecular flexibility index (Phi) is 4.99. The lowest BCUT2D eigenvalue weighted by atomic mass is 10.2. The van der Waals surface area contributed by atoms with E-state index in [1.54, 1.807) is 6.07 Å². The van der Waals surface area contributed by atoms with Gasteiger partial charge in [-0.2, -0.15) is 0 Å². The number of hydrogen-bond donors (Lipinski definition) is 1. The fourth-order valence-corrected chi connectivity index (χ4v) is 3.69. The van der Waals surface area contributed by atoms with Crippen LogP contribution in [0.3, 0.4) is 0 Å². The van der Waals surface area contributed by atoms with Crippen molar-refractivity contribution in [2.75, 3.05) is 39.3 Å². The van der Waals surface area contributed by atoms with Crippen molar-refractivity contribution in [1.82, 2.24) is 19.8 Å². The number of nitrogens with one attached hydrogen (secondary N) is 1.